The van der Waals surface area contributed by atoms with Gasteiger partial charge in [0.05, 0.1) is 18.3 Å². The van der Waals surface area contributed by atoms with E-state index >= 15 is 0 Å². The molecule has 3 aromatic rings. The van der Waals surface area contributed by atoms with Gasteiger partial charge in [-0.15, -0.1) is 5.10 Å². The molecule has 8 heteroatoms. The highest BCUT2D eigenvalue weighted by Gasteiger charge is 2.30. The van der Waals surface area contributed by atoms with E-state index in [0.717, 1.165) is 17.7 Å². The van der Waals surface area contributed by atoms with Crippen LogP contribution in [0.5, 0.6) is 0 Å². The summed E-state index contributed by atoms with van der Waals surface area (Å²) in [4.78, 5) is 12.1. The molecule has 0 unspecified atom stereocenters. The molecule has 1 heterocycles. The highest BCUT2D eigenvalue weighted by molar-refractivity contribution is 6.02. The fourth-order valence-corrected chi connectivity index (χ4v) is 2.22. The predicted molar refractivity (Wildman–Crippen MR) is 85.0 cm³/mol. The van der Waals surface area contributed by atoms with Gasteiger partial charge in [0, 0.05) is 5.69 Å². The molecular weight excluding hydrogens is 333 g/mol. The molecule has 0 radical (unpaired) electrons. The number of aromatic nitrogens is 3. The molecular formula is C17H13F3N4O. The normalized spacial score (nSPS) is 11.3. The van der Waals surface area contributed by atoms with Crippen molar-refractivity contribution in [1.29, 1.82) is 0 Å². The maximum atomic E-state index is 12.7. The van der Waals surface area contributed by atoms with Gasteiger partial charge in [-0.05, 0) is 23.8 Å². The number of amides is 1. The first kappa shape index (κ1) is 16.7. The Morgan fingerprint density at radius 3 is 2.56 bits per heavy atom. The molecule has 0 saturated heterocycles. The first-order chi connectivity index (χ1) is 11.9. The summed E-state index contributed by atoms with van der Waals surface area (Å²) in [5.74, 6) is -0.626. The summed E-state index contributed by atoms with van der Waals surface area (Å²) in [7, 11) is 0. The Morgan fingerprint density at radius 1 is 1.08 bits per heavy atom. The molecule has 2 aromatic carbocycles. The van der Waals surface area contributed by atoms with Gasteiger partial charge in [-0.25, -0.2) is 4.68 Å². The molecule has 1 aromatic heterocycles. The van der Waals surface area contributed by atoms with Crippen molar-refractivity contribution in [1.82, 2.24) is 15.0 Å². The molecule has 0 bridgehead atoms. The van der Waals surface area contributed by atoms with Crippen LogP contribution in [0.1, 0.15) is 21.6 Å². The molecule has 0 saturated carbocycles. The second kappa shape index (κ2) is 6.76. The van der Waals surface area contributed by atoms with Crippen LogP contribution in [0.2, 0.25) is 0 Å². The Morgan fingerprint density at radius 2 is 1.84 bits per heavy atom. The zero-order valence-electron chi connectivity index (χ0n) is 12.9. The molecule has 0 aliphatic heterocycles. The average Bonchev–Trinajstić information content (AvgIpc) is 3.04. The van der Waals surface area contributed by atoms with E-state index in [9.17, 15) is 18.0 Å². The van der Waals surface area contributed by atoms with Crippen LogP contribution in [0, 0.1) is 0 Å². The summed E-state index contributed by atoms with van der Waals surface area (Å²) in [6.45, 7) is 0.435. The third kappa shape index (κ3) is 4.23. The zero-order chi connectivity index (χ0) is 17.9. The van der Waals surface area contributed by atoms with E-state index in [2.05, 4.69) is 15.6 Å². The lowest BCUT2D eigenvalue weighted by Gasteiger charge is -2.09. The predicted octanol–water partition coefficient (Wildman–Crippen LogP) is 3.60. The molecule has 0 spiro atoms. The quantitative estimate of drug-likeness (QED) is 0.785. The van der Waals surface area contributed by atoms with Crippen LogP contribution in [-0.2, 0) is 12.7 Å². The summed E-state index contributed by atoms with van der Waals surface area (Å²) in [5.41, 5.74) is 0.209. The second-order valence-electron chi connectivity index (χ2n) is 5.32. The lowest BCUT2D eigenvalue weighted by Crippen LogP contribution is -2.13. The third-order valence-corrected chi connectivity index (χ3v) is 3.41. The average molecular weight is 346 g/mol. The number of hydrogen-bond donors (Lipinski definition) is 1. The van der Waals surface area contributed by atoms with Gasteiger partial charge >= 0.3 is 6.18 Å². The largest absolute Gasteiger partial charge is 0.416 e. The standard InChI is InChI=1S/C17H13F3N4O/c18-17(19,20)13-7-4-8-14(9-13)21-16(25)15-11-24(23-22-15)10-12-5-2-1-3-6-12/h1-9,11H,10H2,(H,21,25). The van der Waals surface area contributed by atoms with Gasteiger partial charge in [-0.2, -0.15) is 13.2 Å². The topological polar surface area (TPSA) is 59.8 Å². The fourth-order valence-electron chi connectivity index (χ4n) is 2.22. The van der Waals surface area contributed by atoms with Crippen molar-refractivity contribution >= 4 is 11.6 Å². The van der Waals surface area contributed by atoms with Crippen LogP contribution >= 0.6 is 0 Å². The SMILES string of the molecule is O=C(Nc1cccc(C(F)(F)F)c1)c1cn(Cc2ccccc2)nn1. The highest BCUT2D eigenvalue weighted by atomic mass is 19.4. The molecule has 0 fully saturated rings. The lowest BCUT2D eigenvalue weighted by atomic mass is 10.2. The van der Waals surface area contributed by atoms with E-state index in [1.54, 1.807) is 0 Å². The molecule has 0 aliphatic carbocycles. The summed E-state index contributed by atoms with van der Waals surface area (Å²) in [6, 6.07) is 13.9. The minimum absolute atomic E-state index is 0.0216. The van der Waals surface area contributed by atoms with Crippen LogP contribution in [-0.4, -0.2) is 20.9 Å². The Bertz CT molecular complexity index is 875. The van der Waals surface area contributed by atoms with Gasteiger partial charge in [0.15, 0.2) is 5.69 Å². The Kier molecular flexibility index (Phi) is 4.51. The molecule has 5 nitrogen and oxygen atoms in total. The van der Waals surface area contributed by atoms with Gasteiger partial charge in [0.2, 0.25) is 0 Å². The first-order valence-electron chi connectivity index (χ1n) is 7.34. The Balaban J connectivity index is 1.70. The number of rotatable bonds is 4. The van der Waals surface area contributed by atoms with Gasteiger partial charge in [0.25, 0.3) is 5.91 Å². The van der Waals surface area contributed by atoms with Crippen LogP contribution in [0.15, 0.2) is 60.8 Å². The van der Waals surface area contributed by atoms with E-state index in [1.165, 1.54) is 23.0 Å². The second-order valence-corrected chi connectivity index (χ2v) is 5.32. The molecule has 3 rings (SSSR count). The number of carbonyl (C=O) groups excluding carboxylic acids is 1. The number of benzene rings is 2. The smallest absolute Gasteiger partial charge is 0.321 e. The number of halogens is 3. The van der Waals surface area contributed by atoms with E-state index < -0.39 is 17.6 Å². The maximum Gasteiger partial charge on any atom is 0.416 e. The number of nitrogens with one attached hydrogen (secondary N) is 1. The lowest BCUT2D eigenvalue weighted by molar-refractivity contribution is -0.137. The number of anilines is 1. The van der Waals surface area contributed by atoms with Crippen molar-refractivity contribution < 1.29 is 18.0 Å². The maximum absolute atomic E-state index is 12.7. The monoisotopic (exact) mass is 346 g/mol. The van der Waals surface area contributed by atoms with E-state index in [1.807, 2.05) is 30.3 Å². The van der Waals surface area contributed by atoms with E-state index in [-0.39, 0.29) is 11.4 Å². The minimum Gasteiger partial charge on any atom is -0.321 e. The molecule has 1 N–H and O–H groups in total. The highest BCUT2D eigenvalue weighted by Crippen LogP contribution is 2.30. The molecule has 0 aliphatic rings. The van der Waals surface area contributed by atoms with Gasteiger partial charge in [-0.1, -0.05) is 41.6 Å². The van der Waals surface area contributed by atoms with Crippen molar-refractivity contribution in [3.63, 3.8) is 0 Å². The van der Waals surface area contributed by atoms with Crippen LogP contribution in [0.3, 0.4) is 0 Å². The van der Waals surface area contributed by atoms with E-state index in [4.69, 9.17) is 0 Å². The summed E-state index contributed by atoms with van der Waals surface area (Å²) in [5, 5.41) is 10.0. The molecule has 128 valence electrons. The van der Waals surface area contributed by atoms with Crippen molar-refractivity contribution in [3.8, 4) is 0 Å². The van der Waals surface area contributed by atoms with E-state index in [0.29, 0.717) is 6.54 Å². The van der Waals surface area contributed by atoms with Crippen LogP contribution in [0.4, 0.5) is 18.9 Å². The number of carbonyl (C=O) groups is 1. The third-order valence-electron chi connectivity index (χ3n) is 3.41. The first-order valence-corrected chi connectivity index (χ1v) is 7.34. The number of alkyl halides is 3. The van der Waals surface area contributed by atoms with Gasteiger partial charge < -0.3 is 5.32 Å². The van der Waals surface area contributed by atoms with Crippen LogP contribution in [0.25, 0.3) is 0 Å². The van der Waals surface area contributed by atoms with Crippen molar-refractivity contribution in [2.45, 2.75) is 12.7 Å². The number of nitrogens with zero attached hydrogens (tertiary/aromatic N) is 3. The van der Waals surface area contributed by atoms with Gasteiger partial charge in [-0.3, -0.25) is 4.79 Å². The molecule has 0 atom stereocenters. The summed E-state index contributed by atoms with van der Waals surface area (Å²) < 4.78 is 39.6. The molecule has 25 heavy (non-hydrogen) atoms. The Labute approximate surface area is 141 Å². The summed E-state index contributed by atoms with van der Waals surface area (Å²) in [6.07, 6.45) is -3.03. The fraction of sp³-hybridized carbons (Fsp3) is 0.118. The minimum atomic E-state index is -4.47. The Hall–Kier alpha value is -3.16. The zero-order valence-corrected chi connectivity index (χ0v) is 12.9. The van der Waals surface area contributed by atoms with Crippen molar-refractivity contribution in [3.05, 3.63) is 77.6 Å². The van der Waals surface area contributed by atoms with Gasteiger partial charge in [0.1, 0.15) is 0 Å². The van der Waals surface area contributed by atoms with Crippen molar-refractivity contribution in [2.75, 3.05) is 5.32 Å². The van der Waals surface area contributed by atoms with Crippen LogP contribution < -0.4 is 5.32 Å². The van der Waals surface area contributed by atoms with Crippen molar-refractivity contribution in [2.24, 2.45) is 0 Å². The molecule has 1 amide bonds. The summed E-state index contributed by atoms with van der Waals surface area (Å²) >= 11 is 0. The number of hydrogen-bond acceptors (Lipinski definition) is 3.